The van der Waals surface area contributed by atoms with Gasteiger partial charge in [0.2, 0.25) is 0 Å². The number of methoxy groups -OCH3 is 1. The Labute approximate surface area is 100 Å². The molecule has 0 aromatic rings. The van der Waals surface area contributed by atoms with Crippen molar-refractivity contribution in [2.45, 2.75) is 18.9 Å². The van der Waals surface area contributed by atoms with Gasteiger partial charge in [0.25, 0.3) is 0 Å². The standard InChI is InChI=1S/C11H18N2O4/c1-17-9-3-2-4-12(7-9)11(16)13-5-8(6-13)10(14)15/h8-9H,2-7H2,1H3,(H,14,15). The third kappa shape index (κ3) is 2.52. The van der Waals surface area contributed by atoms with Crippen LogP contribution in [-0.2, 0) is 9.53 Å². The van der Waals surface area contributed by atoms with E-state index in [0.29, 0.717) is 19.6 Å². The van der Waals surface area contributed by atoms with Crippen LogP contribution in [-0.4, -0.2) is 66.3 Å². The summed E-state index contributed by atoms with van der Waals surface area (Å²) >= 11 is 0. The molecule has 0 aromatic carbocycles. The van der Waals surface area contributed by atoms with E-state index >= 15 is 0 Å². The van der Waals surface area contributed by atoms with Crippen LogP contribution < -0.4 is 0 Å². The van der Waals surface area contributed by atoms with Crippen molar-refractivity contribution >= 4 is 12.0 Å². The summed E-state index contributed by atoms with van der Waals surface area (Å²) in [7, 11) is 1.66. The van der Waals surface area contributed by atoms with E-state index < -0.39 is 5.97 Å². The van der Waals surface area contributed by atoms with E-state index in [1.807, 2.05) is 0 Å². The van der Waals surface area contributed by atoms with Crippen LogP contribution in [0.25, 0.3) is 0 Å². The van der Waals surface area contributed by atoms with E-state index in [1.54, 1.807) is 16.9 Å². The fraction of sp³-hybridized carbons (Fsp3) is 0.818. The Hall–Kier alpha value is -1.30. The molecule has 0 aromatic heterocycles. The van der Waals surface area contributed by atoms with Gasteiger partial charge >= 0.3 is 12.0 Å². The number of hydrogen-bond acceptors (Lipinski definition) is 3. The van der Waals surface area contributed by atoms with Crippen molar-refractivity contribution in [2.75, 3.05) is 33.3 Å². The molecule has 2 aliphatic heterocycles. The topological polar surface area (TPSA) is 70.1 Å². The van der Waals surface area contributed by atoms with Gasteiger partial charge in [0.15, 0.2) is 0 Å². The van der Waals surface area contributed by atoms with Gasteiger partial charge < -0.3 is 19.6 Å². The van der Waals surface area contributed by atoms with Crippen LogP contribution in [0.1, 0.15) is 12.8 Å². The van der Waals surface area contributed by atoms with Gasteiger partial charge in [0.05, 0.1) is 12.0 Å². The van der Waals surface area contributed by atoms with Crippen molar-refractivity contribution in [3.63, 3.8) is 0 Å². The molecule has 1 unspecified atom stereocenters. The highest BCUT2D eigenvalue weighted by molar-refractivity contribution is 5.80. The van der Waals surface area contributed by atoms with E-state index in [1.165, 1.54) is 0 Å². The molecular weight excluding hydrogens is 224 g/mol. The minimum atomic E-state index is -0.817. The number of carboxylic acid groups (broad SMARTS) is 1. The number of urea groups is 1. The maximum absolute atomic E-state index is 12.0. The van der Waals surface area contributed by atoms with E-state index in [9.17, 15) is 9.59 Å². The Kier molecular flexibility index (Phi) is 3.51. The first-order valence-corrected chi connectivity index (χ1v) is 5.91. The Balaban J connectivity index is 1.82. The van der Waals surface area contributed by atoms with Crippen molar-refractivity contribution in [3.05, 3.63) is 0 Å². The highest BCUT2D eigenvalue weighted by atomic mass is 16.5. The summed E-state index contributed by atoms with van der Waals surface area (Å²) in [6, 6.07) is -0.0516. The second-order valence-electron chi connectivity index (χ2n) is 4.67. The molecule has 96 valence electrons. The maximum atomic E-state index is 12.0. The monoisotopic (exact) mass is 242 g/mol. The van der Waals surface area contributed by atoms with Gasteiger partial charge in [-0.2, -0.15) is 0 Å². The van der Waals surface area contributed by atoms with E-state index in [4.69, 9.17) is 9.84 Å². The molecule has 2 rings (SSSR count). The van der Waals surface area contributed by atoms with Crippen LogP contribution in [0.4, 0.5) is 4.79 Å². The average molecular weight is 242 g/mol. The summed E-state index contributed by atoms with van der Waals surface area (Å²) in [6.45, 7) is 2.03. The van der Waals surface area contributed by atoms with Crippen LogP contribution in [0.3, 0.4) is 0 Å². The summed E-state index contributed by atoms with van der Waals surface area (Å²) in [4.78, 5) is 26.0. The van der Waals surface area contributed by atoms with Crippen molar-refractivity contribution in [3.8, 4) is 0 Å². The number of carbonyl (C=O) groups excluding carboxylic acids is 1. The minimum Gasteiger partial charge on any atom is -0.481 e. The van der Waals surface area contributed by atoms with Gasteiger partial charge in [0.1, 0.15) is 0 Å². The quantitative estimate of drug-likeness (QED) is 0.752. The van der Waals surface area contributed by atoms with Gasteiger partial charge in [-0.3, -0.25) is 4.79 Å². The SMILES string of the molecule is COC1CCCN(C(=O)N2CC(C(=O)O)C2)C1. The van der Waals surface area contributed by atoms with Crippen LogP contribution in [0.2, 0.25) is 0 Å². The molecule has 17 heavy (non-hydrogen) atoms. The maximum Gasteiger partial charge on any atom is 0.320 e. The fourth-order valence-electron chi connectivity index (χ4n) is 2.30. The van der Waals surface area contributed by atoms with E-state index in [0.717, 1.165) is 19.4 Å². The molecule has 0 spiro atoms. The third-order valence-corrected chi connectivity index (χ3v) is 3.48. The van der Waals surface area contributed by atoms with Gasteiger partial charge in [-0.25, -0.2) is 4.79 Å². The number of rotatable bonds is 2. The Morgan fingerprint density at radius 1 is 1.24 bits per heavy atom. The number of aliphatic carboxylic acids is 1. The number of ether oxygens (including phenoxy) is 1. The first-order chi connectivity index (χ1) is 8.11. The number of hydrogen-bond donors (Lipinski definition) is 1. The van der Waals surface area contributed by atoms with Gasteiger partial charge in [0, 0.05) is 33.3 Å². The molecule has 0 saturated carbocycles. The molecule has 1 N–H and O–H groups in total. The molecule has 1 atom stereocenters. The third-order valence-electron chi connectivity index (χ3n) is 3.48. The number of likely N-dealkylation sites (tertiary alicyclic amines) is 2. The van der Waals surface area contributed by atoms with Gasteiger partial charge in [-0.1, -0.05) is 0 Å². The lowest BCUT2D eigenvalue weighted by molar-refractivity contribution is -0.146. The molecule has 6 nitrogen and oxygen atoms in total. The molecular formula is C11H18N2O4. The minimum absolute atomic E-state index is 0.0516. The zero-order valence-corrected chi connectivity index (χ0v) is 9.96. The Bertz CT molecular complexity index is 315. The highest BCUT2D eigenvalue weighted by Gasteiger charge is 2.38. The smallest absolute Gasteiger partial charge is 0.320 e. The van der Waals surface area contributed by atoms with Crippen molar-refractivity contribution in [2.24, 2.45) is 5.92 Å². The molecule has 2 aliphatic rings. The zero-order valence-electron chi connectivity index (χ0n) is 9.96. The van der Waals surface area contributed by atoms with Crippen LogP contribution >= 0.6 is 0 Å². The molecule has 0 bridgehead atoms. The number of carboxylic acids is 1. The average Bonchev–Trinajstić information content (AvgIpc) is 2.26. The fourth-order valence-corrected chi connectivity index (χ4v) is 2.30. The number of amides is 2. The largest absolute Gasteiger partial charge is 0.481 e. The lowest BCUT2D eigenvalue weighted by Gasteiger charge is -2.42. The number of nitrogens with zero attached hydrogens (tertiary/aromatic N) is 2. The second-order valence-corrected chi connectivity index (χ2v) is 4.67. The summed E-state index contributed by atoms with van der Waals surface area (Å²) in [5.41, 5.74) is 0. The van der Waals surface area contributed by atoms with Crippen LogP contribution in [0.5, 0.6) is 0 Å². The summed E-state index contributed by atoms with van der Waals surface area (Å²) in [5.74, 6) is -1.20. The van der Waals surface area contributed by atoms with E-state index in [-0.39, 0.29) is 18.1 Å². The summed E-state index contributed by atoms with van der Waals surface area (Å²) < 4.78 is 5.26. The highest BCUT2D eigenvalue weighted by Crippen LogP contribution is 2.20. The molecule has 0 aliphatic carbocycles. The summed E-state index contributed by atoms with van der Waals surface area (Å²) in [6.07, 6.45) is 2.04. The van der Waals surface area contributed by atoms with Crippen LogP contribution in [0.15, 0.2) is 0 Å². The van der Waals surface area contributed by atoms with Gasteiger partial charge in [-0.15, -0.1) is 0 Å². The molecule has 6 heteroatoms. The molecule has 0 radical (unpaired) electrons. The number of carbonyl (C=O) groups is 2. The van der Waals surface area contributed by atoms with Crippen LogP contribution in [0, 0.1) is 5.92 Å². The van der Waals surface area contributed by atoms with Crippen molar-refractivity contribution < 1.29 is 19.4 Å². The first-order valence-electron chi connectivity index (χ1n) is 5.91. The Morgan fingerprint density at radius 3 is 2.53 bits per heavy atom. The predicted octanol–water partition coefficient (Wildman–Crippen LogP) is 0.234. The summed E-state index contributed by atoms with van der Waals surface area (Å²) in [5, 5.41) is 8.75. The van der Waals surface area contributed by atoms with Gasteiger partial charge in [-0.05, 0) is 12.8 Å². The first kappa shape index (κ1) is 12.2. The second kappa shape index (κ2) is 4.91. The molecule has 2 amide bonds. The zero-order chi connectivity index (χ0) is 12.4. The lowest BCUT2D eigenvalue weighted by Crippen LogP contribution is -2.58. The predicted molar refractivity (Wildman–Crippen MR) is 59.7 cm³/mol. The van der Waals surface area contributed by atoms with Crippen molar-refractivity contribution in [1.82, 2.24) is 9.80 Å². The normalized spacial score (nSPS) is 25.6. The molecule has 2 heterocycles. The number of piperidine rings is 1. The van der Waals surface area contributed by atoms with Crippen molar-refractivity contribution in [1.29, 1.82) is 0 Å². The molecule has 2 fully saturated rings. The lowest BCUT2D eigenvalue weighted by atomic mass is 10.0. The van der Waals surface area contributed by atoms with E-state index in [2.05, 4.69) is 0 Å². The Morgan fingerprint density at radius 2 is 1.94 bits per heavy atom. The molecule has 2 saturated heterocycles.